The number of likely N-dealkylation sites (N-methyl/N-ethyl adjacent to an activating group) is 1. The standard InChI is InChI=1S/C7H12N2O2/c1-2-9(10)3-4-11-6-7(9)5-8/h7H,2-4,6H2,1H3. The molecule has 0 aromatic carbocycles. The van der Waals surface area contributed by atoms with Gasteiger partial charge in [0, 0.05) is 0 Å². The smallest absolute Gasteiger partial charge is 0.199 e. The molecule has 62 valence electrons. The topological polar surface area (TPSA) is 56.1 Å². The molecule has 1 aliphatic rings. The fourth-order valence-corrected chi connectivity index (χ4v) is 1.23. The lowest BCUT2D eigenvalue weighted by Gasteiger charge is -2.47. The summed E-state index contributed by atoms with van der Waals surface area (Å²) in [6.45, 7) is 3.45. The van der Waals surface area contributed by atoms with E-state index in [1.54, 1.807) is 0 Å². The number of quaternary nitrogens is 1. The predicted octanol–water partition coefficient (Wildman–Crippen LogP) is 0.243. The largest absolute Gasteiger partial charge is 0.632 e. The van der Waals surface area contributed by atoms with Gasteiger partial charge in [-0.25, -0.2) is 0 Å². The molecule has 0 aromatic heterocycles. The average molecular weight is 156 g/mol. The van der Waals surface area contributed by atoms with Crippen molar-refractivity contribution in [3.63, 3.8) is 0 Å². The van der Waals surface area contributed by atoms with Crippen molar-refractivity contribution in [1.82, 2.24) is 0 Å². The second-order valence-electron chi connectivity index (χ2n) is 2.71. The molecule has 11 heavy (non-hydrogen) atoms. The molecule has 0 saturated carbocycles. The molecule has 2 unspecified atom stereocenters. The maximum Gasteiger partial charge on any atom is 0.199 e. The van der Waals surface area contributed by atoms with Crippen molar-refractivity contribution in [2.75, 3.05) is 26.3 Å². The van der Waals surface area contributed by atoms with Crippen LogP contribution in [0.4, 0.5) is 0 Å². The monoisotopic (exact) mass is 156 g/mol. The first-order chi connectivity index (χ1) is 5.23. The number of rotatable bonds is 1. The Morgan fingerprint density at radius 1 is 1.82 bits per heavy atom. The van der Waals surface area contributed by atoms with Gasteiger partial charge in [0.15, 0.2) is 6.04 Å². The normalized spacial score (nSPS) is 38.1. The van der Waals surface area contributed by atoms with E-state index in [1.165, 1.54) is 0 Å². The van der Waals surface area contributed by atoms with E-state index < -0.39 is 10.7 Å². The molecular weight excluding hydrogens is 144 g/mol. The first kappa shape index (κ1) is 8.47. The summed E-state index contributed by atoms with van der Waals surface area (Å²) in [7, 11) is 0. The van der Waals surface area contributed by atoms with Crippen molar-refractivity contribution >= 4 is 0 Å². The highest BCUT2D eigenvalue weighted by Crippen LogP contribution is 2.15. The average Bonchev–Trinajstić information content (AvgIpc) is 2.05. The molecule has 4 heteroatoms. The minimum absolute atomic E-state index is 0.286. The quantitative estimate of drug-likeness (QED) is 0.403. The third-order valence-electron chi connectivity index (χ3n) is 2.14. The summed E-state index contributed by atoms with van der Waals surface area (Å²) in [4.78, 5) is 0. The Kier molecular flexibility index (Phi) is 2.45. The summed E-state index contributed by atoms with van der Waals surface area (Å²) in [6.07, 6.45) is 0. The molecular formula is C7H12N2O2. The summed E-state index contributed by atoms with van der Waals surface area (Å²) >= 11 is 0. The van der Waals surface area contributed by atoms with E-state index in [-0.39, 0.29) is 6.61 Å². The third-order valence-corrected chi connectivity index (χ3v) is 2.14. The van der Waals surface area contributed by atoms with Crippen molar-refractivity contribution in [3.8, 4) is 6.07 Å². The summed E-state index contributed by atoms with van der Waals surface area (Å²) in [5.74, 6) is 0. The molecule has 1 aliphatic heterocycles. The van der Waals surface area contributed by atoms with Crippen molar-refractivity contribution in [2.45, 2.75) is 13.0 Å². The summed E-state index contributed by atoms with van der Waals surface area (Å²) < 4.78 is 4.63. The van der Waals surface area contributed by atoms with Gasteiger partial charge in [0.05, 0.1) is 13.2 Å². The number of ether oxygens (including phenoxy) is 1. The lowest BCUT2D eigenvalue weighted by molar-refractivity contribution is -0.903. The van der Waals surface area contributed by atoms with Crippen LogP contribution in [0.1, 0.15) is 6.92 Å². The number of nitriles is 1. The number of hydrogen-bond donors (Lipinski definition) is 0. The van der Waals surface area contributed by atoms with Gasteiger partial charge in [-0.15, -0.1) is 0 Å². The molecule has 0 aromatic rings. The van der Waals surface area contributed by atoms with Gasteiger partial charge in [-0.2, -0.15) is 5.26 Å². The summed E-state index contributed by atoms with van der Waals surface area (Å²) in [5, 5.41) is 20.3. The highest BCUT2D eigenvalue weighted by atomic mass is 16.6. The number of hydrogen-bond acceptors (Lipinski definition) is 3. The van der Waals surface area contributed by atoms with Crippen molar-refractivity contribution in [1.29, 1.82) is 5.26 Å². The zero-order chi connectivity index (χ0) is 8.32. The second kappa shape index (κ2) is 3.18. The molecule has 0 radical (unpaired) electrons. The number of nitrogens with zero attached hydrogens (tertiary/aromatic N) is 2. The van der Waals surface area contributed by atoms with Crippen LogP contribution in [0, 0.1) is 16.5 Å². The highest BCUT2D eigenvalue weighted by Gasteiger charge is 2.30. The van der Waals surface area contributed by atoms with Crippen molar-refractivity contribution in [2.24, 2.45) is 0 Å². The van der Waals surface area contributed by atoms with Crippen LogP contribution in [0.15, 0.2) is 0 Å². The maximum absolute atomic E-state index is 11.7. The van der Waals surface area contributed by atoms with Gasteiger partial charge in [0.25, 0.3) is 0 Å². The Hall–Kier alpha value is -0.630. The van der Waals surface area contributed by atoms with E-state index in [0.29, 0.717) is 19.7 Å². The van der Waals surface area contributed by atoms with Crippen LogP contribution in [0.25, 0.3) is 0 Å². The van der Waals surface area contributed by atoms with Gasteiger partial charge >= 0.3 is 0 Å². The molecule has 1 saturated heterocycles. The Morgan fingerprint density at radius 3 is 3.00 bits per heavy atom. The SMILES string of the molecule is CC[N+]1([O-])CCOCC1C#N. The van der Waals surface area contributed by atoms with Gasteiger partial charge in [-0.3, -0.25) is 0 Å². The number of morpholine rings is 1. The van der Waals surface area contributed by atoms with Crippen LogP contribution in [-0.4, -0.2) is 37.0 Å². The molecule has 0 spiro atoms. The molecule has 0 aliphatic carbocycles. The fraction of sp³-hybridized carbons (Fsp3) is 0.857. The highest BCUT2D eigenvalue weighted by molar-refractivity contribution is 4.86. The van der Waals surface area contributed by atoms with E-state index in [4.69, 9.17) is 10.00 Å². The van der Waals surface area contributed by atoms with Gasteiger partial charge in [-0.1, -0.05) is 0 Å². The maximum atomic E-state index is 11.7. The Labute approximate surface area is 66.1 Å². The first-order valence-corrected chi connectivity index (χ1v) is 3.78. The molecule has 1 fully saturated rings. The summed E-state index contributed by atoms with van der Waals surface area (Å²) in [5.41, 5.74) is 0. The van der Waals surface area contributed by atoms with Crippen molar-refractivity contribution < 1.29 is 9.38 Å². The minimum atomic E-state index is -0.520. The van der Waals surface area contributed by atoms with Crippen LogP contribution in [0.3, 0.4) is 0 Å². The molecule has 0 bridgehead atoms. The van der Waals surface area contributed by atoms with E-state index in [2.05, 4.69) is 0 Å². The Morgan fingerprint density at radius 2 is 2.55 bits per heavy atom. The fourth-order valence-electron chi connectivity index (χ4n) is 1.23. The lowest BCUT2D eigenvalue weighted by Crippen LogP contribution is -2.56. The zero-order valence-corrected chi connectivity index (χ0v) is 6.62. The van der Waals surface area contributed by atoms with Gasteiger partial charge in [0.2, 0.25) is 0 Å². The van der Waals surface area contributed by atoms with E-state index in [9.17, 15) is 5.21 Å². The molecule has 0 amide bonds. The molecule has 2 atom stereocenters. The zero-order valence-electron chi connectivity index (χ0n) is 6.62. The molecule has 4 nitrogen and oxygen atoms in total. The first-order valence-electron chi connectivity index (χ1n) is 3.78. The minimum Gasteiger partial charge on any atom is -0.632 e. The van der Waals surface area contributed by atoms with E-state index >= 15 is 0 Å². The van der Waals surface area contributed by atoms with Crippen LogP contribution >= 0.6 is 0 Å². The lowest BCUT2D eigenvalue weighted by atomic mass is 10.2. The molecule has 1 rings (SSSR count). The van der Waals surface area contributed by atoms with Crippen LogP contribution in [-0.2, 0) is 4.74 Å². The van der Waals surface area contributed by atoms with Gasteiger partial charge in [0.1, 0.15) is 19.2 Å². The molecule has 1 heterocycles. The van der Waals surface area contributed by atoms with E-state index in [1.807, 2.05) is 13.0 Å². The summed E-state index contributed by atoms with van der Waals surface area (Å²) in [6, 6.07) is 1.46. The van der Waals surface area contributed by atoms with Gasteiger partial charge in [-0.05, 0) is 6.92 Å². The molecule has 0 N–H and O–H groups in total. The Balaban J connectivity index is 2.67. The van der Waals surface area contributed by atoms with Crippen molar-refractivity contribution in [3.05, 3.63) is 5.21 Å². The van der Waals surface area contributed by atoms with E-state index in [0.717, 1.165) is 0 Å². The van der Waals surface area contributed by atoms with Crippen LogP contribution < -0.4 is 0 Å². The predicted molar refractivity (Wildman–Crippen MR) is 39.3 cm³/mol. The second-order valence-corrected chi connectivity index (χ2v) is 2.71. The van der Waals surface area contributed by atoms with Crippen LogP contribution in [0.5, 0.6) is 0 Å². The third kappa shape index (κ3) is 1.51. The van der Waals surface area contributed by atoms with Gasteiger partial charge < -0.3 is 14.6 Å². The van der Waals surface area contributed by atoms with Crippen LogP contribution in [0.2, 0.25) is 0 Å². The number of hydroxylamine groups is 3. The Bertz CT molecular complexity index is 178.